The number of nitrogens with one attached hydrogen (secondary N) is 1. The molecule has 0 spiro atoms. The van der Waals surface area contributed by atoms with Crippen LogP contribution in [0.5, 0.6) is 0 Å². The molecule has 0 amide bonds. The summed E-state index contributed by atoms with van der Waals surface area (Å²) in [6.07, 6.45) is 3.49. The SMILES string of the molecule is CCN1CCC[C@@H](C(=O)O)NC[C@H]1CCCB(O)O. The highest BCUT2D eigenvalue weighted by atomic mass is 16.4. The van der Waals surface area contributed by atoms with Gasteiger partial charge in [-0.3, -0.25) is 9.69 Å². The Morgan fingerprint density at radius 2 is 2.21 bits per heavy atom. The van der Waals surface area contributed by atoms with E-state index in [0.717, 1.165) is 32.4 Å². The van der Waals surface area contributed by atoms with Crippen molar-refractivity contribution in [1.82, 2.24) is 10.2 Å². The molecule has 0 unspecified atom stereocenters. The maximum atomic E-state index is 11.0. The molecular formula is C12H25BN2O4. The van der Waals surface area contributed by atoms with Crippen LogP contribution in [-0.2, 0) is 4.79 Å². The van der Waals surface area contributed by atoms with Crippen molar-refractivity contribution < 1.29 is 19.9 Å². The van der Waals surface area contributed by atoms with E-state index in [1.54, 1.807) is 0 Å². The number of likely N-dealkylation sites (N-methyl/N-ethyl adjacent to an activating group) is 1. The molecule has 19 heavy (non-hydrogen) atoms. The topological polar surface area (TPSA) is 93.0 Å². The van der Waals surface area contributed by atoms with Gasteiger partial charge in [0.05, 0.1) is 0 Å². The quantitative estimate of drug-likeness (QED) is 0.499. The summed E-state index contributed by atoms with van der Waals surface area (Å²) in [6.45, 7) is 4.59. The Morgan fingerprint density at radius 1 is 1.47 bits per heavy atom. The van der Waals surface area contributed by atoms with Gasteiger partial charge in [-0.25, -0.2) is 0 Å². The molecule has 1 fully saturated rings. The highest BCUT2D eigenvalue weighted by molar-refractivity contribution is 6.40. The molecule has 0 aromatic rings. The summed E-state index contributed by atoms with van der Waals surface area (Å²) in [4.78, 5) is 13.4. The first kappa shape index (κ1) is 16.4. The van der Waals surface area contributed by atoms with Gasteiger partial charge in [0, 0.05) is 12.6 Å². The average Bonchev–Trinajstić information content (AvgIpc) is 2.31. The number of carboxylic acid groups (broad SMARTS) is 1. The van der Waals surface area contributed by atoms with E-state index in [4.69, 9.17) is 15.2 Å². The first-order chi connectivity index (χ1) is 9.04. The third-order valence-electron chi connectivity index (χ3n) is 3.76. The van der Waals surface area contributed by atoms with E-state index >= 15 is 0 Å². The summed E-state index contributed by atoms with van der Waals surface area (Å²) in [7, 11) is -1.25. The van der Waals surface area contributed by atoms with E-state index in [0.29, 0.717) is 19.3 Å². The molecule has 0 radical (unpaired) electrons. The molecule has 0 aliphatic carbocycles. The zero-order valence-corrected chi connectivity index (χ0v) is 11.6. The number of carbonyl (C=O) groups is 1. The summed E-state index contributed by atoms with van der Waals surface area (Å²) in [5.41, 5.74) is 0. The van der Waals surface area contributed by atoms with Crippen molar-refractivity contribution in [2.24, 2.45) is 0 Å². The van der Waals surface area contributed by atoms with Gasteiger partial charge in [-0.05, 0) is 38.7 Å². The van der Waals surface area contributed by atoms with Crippen LogP contribution >= 0.6 is 0 Å². The maximum Gasteiger partial charge on any atom is 0.451 e. The predicted octanol–water partition coefficient (Wildman–Crippen LogP) is -0.233. The van der Waals surface area contributed by atoms with Crippen molar-refractivity contribution >= 4 is 13.1 Å². The van der Waals surface area contributed by atoms with Crippen molar-refractivity contribution in [1.29, 1.82) is 0 Å². The molecule has 0 saturated carbocycles. The van der Waals surface area contributed by atoms with Gasteiger partial charge in [0.15, 0.2) is 0 Å². The van der Waals surface area contributed by atoms with E-state index in [9.17, 15) is 4.79 Å². The van der Waals surface area contributed by atoms with Crippen molar-refractivity contribution in [3.05, 3.63) is 0 Å². The van der Waals surface area contributed by atoms with Crippen LogP contribution < -0.4 is 5.32 Å². The molecule has 1 saturated heterocycles. The van der Waals surface area contributed by atoms with E-state index in [1.165, 1.54) is 0 Å². The van der Waals surface area contributed by atoms with Crippen LogP contribution in [0.3, 0.4) is 0 Å². The normalized spacial score (nSPS) is 25.6. The van der Waals surface area contributed by atoms with Gasteiger partial charge < -0.3 is 20.5 Å². The Balaban J connectivity index is 2.49. The Morgan fingerprint density at radius 3 is 2.79 bits per heavy atom. The number of carboxylic acids is 1. The largest absolute Gasteiger partial charge is 0.480 e. The van der Waals surface area contributed by atoms with Crippen molar-refractivity contribution in [2.75, 3.05) is 19.6 Å². The van der Waals surface area contributed by atoms with Gasteiger partial charge in [-0.15, -0.1) is 0 Å². The molecule has 1 rings (SSSR count). The molecular weight excluding hydrogens is 247 g/mol. The van der Waals surface area contributed by atoms with Crippen LogP contribution in [0.15, 0.2) is 0 Å². The Hall–Kier alpha value is -0.625. The molecule has 0 aromatic carbocycles. The number of hydrogen-bond acceptors (Lipinski definition) is 5. The summed E-state index contributed by atoms with van der Waals surface area (Å²) in [5.74, 6) is -0.783. The van der Waals surface area contributed by atoms with Gasteiger partial charge in [-0.1, -0.05) is 13.3 Å². The third-order valence-corrected chi connectivity index (χ3v) is 3.76. The summed E-state index contributed by atoms with van der Waals surface area (Å²) >= 11 is 0. The zero-order chi connectivity index (χ0) is 14.3. The first-order valence-corrected chi connectivity index (χ1v) is 7.11. The number of hydrogen-bond donors (Lipinski definition) is 4. The summed E-state index contributed by atoms with van der Waals surface area (Å²) in [5, 5.41) is 29.9. The van der Waals surface area contributed by atoms with Crippen LogP contribution in [0.2, 0.25) is 6.32 Å². The molecule has 6 nitrogen and oxygen atoms in total. The van der Waals surface area contributed by atoms with Gasteiger partial charge in [0.25, 0.3) is 0 Å². The zero-order valence-electron chi connectivity index (χ0n) is 11.6. The smallest absolute Gasteiger partial charge is 0.451 e. The molecule has 1 aliphatic rings. The molecule has 1 heterocycles. The van der Waals surface area contributed by atoms with E-state index < -0.39 is 19.1 Å². The van der Waals surface area contributed by atoms with Gasteiger partial charge in [0.2, 0.25) is 0 Å². The van der Waals surface area contributed by atoms with Gasteiger partial charge in [0.1, 0.15) is 6.04 Å². The molecule has 1 aliphatic heterocycles. The molecule has 4 N–H and O–H groups in total. The minimum atomic E-state index is -1.25. The summed E-state index contributed by atoms with van der Waals surface area (Å²) < 4.78 is 0. The van der Waals surface area contributed by atoms with Crippen LogP contribution in [0.1, 0.15) is 32.6 Å². The van der Waals surface area contributed by atoms with Crippen molar-refractivity contribution in [3.8, 4) is 0 Å². The van der Waals surface area contributed by atoms with Crippen molar-refractivity contribution in [3.63, 3.8) is 0 Å². The minimum Gasteiger partial charge on any atom is -0.480 e. The lowest BCUT2D eigenvalue weighted by molar-refractivity contribution is -0.140. The lowest BCUT2D eigenvalue weighted by atomic mass is 9.83. The van der Waals surface area contributed by atoms with E-state index in [-0.39, 0.29) is 6.04 Å². The summed E-state index contributed by atoms with van der Waals surface area (Å²) in [6, 6.07) is -0.184. The molecule has 0 bridgehead atoms. The highest BCUT2D eigenvalue weighted by Crippen LogP contribution is 2.14. The monoisotopic (exact) mass is 272 g/mol. The average molecular weight is 272 g/mol. The van der Waals surface area contributed by atoms with Crippen LogP contribution in [0, 0.1) is 0 Å². The second kappa shape index (κ2) is 8.53. The number of aliphatic carboxylic acids is 1. The molecule has 2 atom stereocenters. The van der Waals surface area contributed by atoms with Crippen LogP contribution in [0.25, 0.3) is 0 Å². The lowest BCUT2D eigenvalue weighted by Crippen LogP contribution is -2.50. The molecule has 7 heteroatoms. The number of nitrogens with zero attached hydrogens (tertiary/aromatic N) is 1. The Kier molecular flexibility index (Phi) is 7.37. The van der Waals surface area contributed by atoms with Gasteiger partial charge >= 0.3 is 13.1 Å². The second-order valence-electron chi connectivity index (χ2n) is 5.14. The number of rotatable bonds is 6. The fourth-order valence-electron chi connectivity index (χ4n) is 2.64. The van der Waals surface area contributed by atoms with E-state index in [2.05, 4.69) is 17.1 Å². The maximum absolute atomic E-state index is 11.0. The van der Waals surface area contributed by atoms with Gasteiger partial charge in [-0.2, -0.15) is 0 Å². The molecule has 110 valence electrons. The standard InChI is InChI=1S/C12H25BN2O4/c1-2-15-8-4-6-11(12(16)17)14-9-10(15)5-3-7-13(18)19/h10-11,14,18-19H,2-9H2,1H3,(H,16,17)/t10-,11+/m1/s1. The lowest BCUT2D eigenvalue weighted by Gasteiger charge is -2.34. The van der Waals surface area contributed by atoms with Crippen molar-refractivity contribution in [2.45, 2.75) is 51.0 Å². The Bertz CT molecular complexity index is 278. The third kappa shape index (κ3) is 5.90. The van der Waals surface area contributed by atoms with Crippen LogP contribution in [-0.4, -0.2) is 64.9 Å². The fraction of sp³-hybridized carbons (Fsp3) is 0.917. The Labute approximate surface area is 114 Å². The fourth-order valence-corrected chi connectivity index (χ4v) is 2.64. The second-order valence-corrected chi connectivity index (χ2v) is 5.14. The molecule has 0 aromatic heterocycles. The van der Waals surface area contributed by atoms with Crippen LogP contribution in [0.4, 0.5) is 0 Å². The predicted molar refractivity (Wildman–Crippen MR) is 73.9 cm³/mol. The van der Waals surface area contributed by atoms with E-state index in [1.807, 2.05) is 0 Å². The first-order valence-electron chi connectivity index (χ1n) is 7.11. The highest BCUT2D eigenvalue weighted by Gasteiger charge is 2.25. The minimum absolute atomic E-state index is 0.269.